The number of nitrogens with zero attached hydrogens (tertiary/aromatic N) is 4. The maximum absolute atomic E-state index is 13.6. The molecule has 138 valence electrons. The van der Waals surface area contributed by atoms with Gasteiger partial charge in [-0.3, -0.25) is 9.39 Å². The molecule has 0 aliphatic heterocycles. The van der Waals surface area contributed by atoms with E-state index in [1.54, 1.807) is 7.05 Å². The van der Waals surface area contributed by atoms with E-state index in [4.69, 9.17) is 0 Å². The molecule has 9 heteroatoms. The van der Waals surface area contributed by atoms with Crippen LogP contribution in [0, 0.1) is 11.6 Å². The summed E-state index contributed by atoms with van der Waals surface area (Å²) in [6.45, 7) is 0.847. The fraction of sp³-hybridized carbons (Fsp3) is 0.235. The van der Waals surface area contributed by atoms with Gasteiger partial charge < -0.3 is 10.6 Å². The van der Waals surface area contributed by atoms with Gasteiger partial charge in [0.1, 0.15) is 11.6 Å². The Bertz CT molecular complexity index is 896. The molecule has 26 heavy (non-hydrogen) atoms. The number of hydrogen-bond donors (Lipinski definition) is 2. The zero-order valence-electron chi connectivity index (χ0n) is 14.1. The van der Waals surface area contributed by atoms with Crippen molar-refractivity contribution in [1.29, 1.82) is 0 Å². The second-order valence-electron chi connectivity index (χ2n) is 5.38. The molecule has 0 amide bonds. The normalized spacial score (nSPS) is 11.3. The average Bonchev–Trinajstić information content (AvgIpc) is 3.04. The molecule has 0 radical (unpaired) electrons. The Labute approximate surface area is 166 Å². The van der Waals surface area contributed by atoms with Crippen molar-refractivity contribution >= 4 is 35.6 Å². The van der Waals surface area contributed by atoms with Crippen molar-refractivity contribution in [3.63, 3.8) is 0 Å². The Morgan fingerprint density at radius 3 is 2.81 bits per heavy atom. The highest BCUT2D eigenvalue weighted by molar-refractivity contribution is 14.0. The minimum absolute atomic E-state index is 0. The van der Waals surface area contributed by atoms with Crippen molar-refractivity contribution in [1.82, 2.24) is 25.2 Å². The summed E-state index contributed by atoms with van der Waals surface area (Å²) in [6, 6.07) is 9.12. The van der Waals surface area contributed by atoms with Gasteiger partial charge in [0.25, 0.3) is 0 Å². The lowest BCUT2D eigenvalue weighted by Gasteiger charge is -2.11. The van der Waals surface area contributed by atoms with Gasteiger partial charge in [-0.2, -0.15) is 0 Å². The Balaban J connectivity index is 0.00000243. The minimum atomic E-state index is -0.447. The van der Waals surface area contributed by atoms with Crippen molar-refractivity contribution in [2.24, 2.45) is 4.99 Å². The van der Waals surface area contributed by atoms with Crippen molar-refractivity contribution in [2.45, 2.75) is 13.0 Å². The Kier molecular flexibility index (Phi) is 7.25. The summed E-state index contributed by atoms with van der Waals surface area (Å²) in [6.07, 6.45) is 2.23. The molecule has 0 spiro atoms. The summed E-state index contributed by atoms with van der Waals surface area (Å²) < 4.78 is 28.6. The molecule has 0 bridgehead atoms. The third kappa shape index (κ3) is 4.87. The predicted molar refractivity (Wildman–Crippen MR) is 107 cm³/mol. The van der Waals surface area contributed by atoms with Crippen LogP contribution >= 0.6 is 24.0 Å². The van der Waals surface area contributed by atoms with Crippen molar-refractivity contribution < 1.29 is 8.78 Å². The summed E-state index contributed by atoms with van der Waals surface area (Å²) in [5.74, 6) is 0.429. The molecule has 0 unspecified atom stereocenters. The minimum Gasteiger partial charge on any atom is -0.356 e. The van der Waals surface area contributed by atoms with Gasteiger partial charge >= 0.3 is 0 Å². The van der Waals surface area contributed by atoms with Gasteiger partial charge in [-0.25, -0.2) is 8.78 Å². The number of hydrogen-bond acceptors (Lipinski definition) is 3. The van der Waals surface area contributed by atoms with Crippen LogP contribution in [0.4, 0.5) is 8.78 Å². The number of pyridine rings is 1. The third-order valence-electron chi connectivity index (χ3n) is 3.72. The van der Waals surface area contributed by atoms with Gasteiger partial charge in [0.05, 0.1) is 6.54 Å². The van der Waals surface area contributed by atoms with E-state index in [2.05, 4.69) is 25.8 Å². The highest BCUT2D eigenvalue weighted by Crippen LogP contribution is 2.09. The zero-order chi connectivity index (χ0) is 17.6. The van der Waals surface area contributed by atoms with Crippen LogP contribution in [0.2, 0.25) is 0 Å². The van der Waals surface area contributed by atoms with Crippen molar-refractivity contribution in [3.8, 4) is 0 Å². The van der Waals surface area contributed by atoms with E-state index in [0.717, 1.165) is 23.6 Å². The maximum Gasteiger partial charge on any atom is 0.191 e. The summed E-state index contributed by atoms with van der Waals surface area (Å²) in [7, 11) is 1.64. The molecule has 0 atom stereocenters. The van der Waals surface area contributed by atoms with E-state index in [9.17, 15) is 8.78 Å². The first-order chi connectivity index (χ1) is 12.2. The number of halogens is 3. The standard InChI is InChI=1S/C17H18F2N6.HI/c1-20-17(21-8-7-12-10-13(18)5-6-14(12)19)22-11-16-24-23-15-4-2-3-9-25(15)16;/h2-6,9-10H,7-8,11H2,1H3,(H2,20,21,22);1H. The van der Waals surface area contributed by atoms with Gasteiger partial charge in [0, 0.05) is 19.8 Å². The van der Waals surface area contributed by atoms with Crippen LogP contribution in [-0.4, -0.2) is 34.2 Å². The summed E-state index contributed by atoms with van der Waals surface area (Å²) in [5, 5.41) is 14.4. The molecule has 0 saturated heterocycles. The van der Waals surface area contributed by atoms with Gasteiger partial charge in [-0.1, -0.05) is 6.07 Å². The van der Waals surface area contributed by atoms with E-state index < -0.39 is 11.6 Å². The van der Waals surface area contributed by atoms with Crippen LogP contribution in [0.1, 0.15) is 11.4 Å². The molecule has 2 aromatic heterocycles. The van der Waals surface area contributed by atoms with Crippen LogP contribution in [0.3, 0.4) is 0 Å². The topological polar surface area (TPSA) is 66.6 Å². The Morgan fingerprint density at radius 2 is 2.00 bits per heavy atom. The van der Waals surface area contributed by atoms with Crippen LogP contribution in [0.15, 0.2) is 47.6 Å². The lowest BCUT2D eigenvalue weighted by Crippen LogP contribution is -2.38. The number of aliphatic imine (C=N–C) groups is 1. The summed E-state index contributed by atoms with van der Waals surface area (Å²) in [5.41, 5.74) is 1.09. The van der Waals surface area contributed by atoms with Crippen LogP contribution in [0.5, 0.6) is 0 Å². The average molecular weight is 472 g/mol. The molecule has 3 aromatic rings. The molecule has 0 fully saturated rings. The largest absolute Gasteiger partial charge is 0.356 e. The monoisotopic (exact) mass is 472 g/mol. The quantitative estimate of drug-likeness (QED) is 0.341. The number of nitrogens with one attached hydrogen (secondary N) is 2. The van der Waals surface area contributed by atoms with E-state index in [1.807, 2.05) is 28.8 Å². The van der Waals surface area contributed by atoms with Crippen molar-refractivity contribution in [2.75, 3.05) is 13.6 Å². The molecule has 3 rings (SSSR count). The molecular formula is C17H19F2IN6. The second kappa shape index (κ2) is 9.41. The molecule has 1 aromatic carbocycles. The molecular weight excluding hydrogens is 453 g/mol. The lowest BCUT2D eigenvalue weighted by atomic mass is 10.1. The fourth-order valence-electron chi connectivity index (χ4n) is 2.45. The number of rotatable bonds is 5. The van der Waals surface area contributed by atoms with Crippen LogP contribution in [-0.2, 0) is 13.0 Å². The van der Waals surface area contributed by atoms with E-state index in [0.29, 0.717) is 31.0 Å². The first-order valence-corrected chi connectivity index (χ1v) is 7.84. The molecule has 0 aliphatic carbocycles. The maximum atomic E-state index is 13.6. The van der Waals surface area contributed by atoms with Gasteiger partial charge in [0.2, 0.25) is 0 Å². The summed E-state index contributed by atoms with van der Waals surface area (Å²) in [4.78, 5) is 4.11. The zero-order valence-corrected chi connectivity index (χ0v) is 16.4. The number of fused-ring (bicyclic) bond motifs is 1. The smallest absolute Gasteiger partial charge is 0.191 e. The van der Waals surface area contributed by atoms with Crippen LogP contribution in [0.25, 0.3) is 5.65 Å². The predicted octanol–water partition coefficient (Wildman–Crippen LogP) is 2.53. The SMILES string of the molecule is CN=C(NCCc1cc(F)ccc1F)NCc1nnc2ccccn12.I. The molecule has 0 saturated carbocycles. The number of aromatic nitrogens is 3. The van der Waals surface area contributed by atoms with Gasteiger partial charge in [0.15, 0.2) is 17.4 Å². The Hall–Kier alpha value is -2.30. The number of guanidine groups is 1. The molecule has 6 nitrogen and oxygen atoms in total. The van der Waals surface area contributed by atoms with E-state index >= 15 is 0 Å². The first-order valence-electron chi connectivity index (χ1n) is 7.84. The van der Waals surface area contributed by atoms with E-state index in [1.165, 1.54) is 6.07 Å². The number of benzene rings is 1. The highest BCUT2D eigenvalue weighted by atomic mass is 127. The molecule has 2 heterocycles. The van der Waals surface area contributed by atoms with Gasteiger partial charge in [-0.05, 0) is 42.3 Å². The fourth-order valence-corrected chi connectivity index (χ4v) is 2.45. The second-order valence-corrected chi connectivity index (χ2v) is 5.38. The third-order valence-corrected chi connectivity index (χ3v) is 3.72. The molecule has 2 N–H and O–H groups in total. The molecule has 0 aliphatic rings. The van der Waals surface area contributed by atoms with E-state index in [-0.39, 0.29) is 24.0 Å². The lowest BCUT2D eigenvalue weighted by molar-refractivity contribution is 0.583. The van der Waals surface area contributed by atoms with Crippen molar-refractivity contribution in [3.05, 3.63) is 65.6 Å². The van der Waals surface area contributed by atoms with Gasteiger partial charge in [-0.15, -0.1) is 34.2 Å². The summed E-state index contributed by atoms with van der Waals surface area (Å²) >= 11 is 0. The Morgan fingerprint density at radius 1 is 1.15 bits per heavy atom. The van der Waals surface area contributed by atoms with Crippen LogP contribution < -0.4 is 10.6 Å². The first kappa shape index (κ1) is 20.0. The highest BCUT2D eigenvalue weighted by Gasteiger charge is 2.07.